The topological polar surface area (TPSA) is 65.4 Å². The van der Waals surface area contributed by atoms with Crippen molar-refractivity contribution in [2.24, 2.45) is 0 Å². The smallest absolute Gasteiger partial charge is 0.407 e. The van der Waals surface area contributed by atoms with E-state index >= 15 is 0 Å². The van der Waals surface area contributed by atoms with E-state index in [9.17, 15) is 4.79 Å². The van der Waals surface area contributed by atoms with E-state index in [0.717, 1.165) is 50.9 Å². The number of piperidine rings is 1. The normalized spacial score (nSPS) is 15.8. The third kappa shape index (κ3) is 6.70. The molecule has 0 atom stereocenters. The van der Waals surface area contributed by atoms with Crippen LogP contribution in [0.3, 0.4) is 0 Å². The van der Waals surface area contributed by atoms with Gasteiger partial charge in [-0.15, -0.1) is 0 Å². The van der Waals surface area contributed by atoms with Crippen LogP contribution >= 0.6 is 0 Å². The second kappa shape index (κ2) is 9.86. The van der Waals surface area contributed by atoms with E-state index in [1.807, 2.05) is 30.3 Å². The molecule has 0 saturated carbocycles. The van der Waals surface area contributed by atoms with Gasteiger partial charge in [0.15, 0.2) is 0 Å². The maximum Gasteiger partial charge on any atom is 0.407 e. The van der Waals surface area contributed by atoms with Crippen molar-refractivity contribution in [3.8, 4) is 6.07 Å². The molecule has 1 aromatic rings. The van der Waals surface area contributed by atoms with Crippen molar-refractivity contribution in [2.75, 3.05) is 19.6 Å². The van der Waals surface area contributed by atoms with Gasteiger partial charge in [-0.05, 0) is 37.8 Å². The molecule has 0 aliphatic carbocycles. The number of nitrogens with one attached hydrogen (secondary N) is 1. The van der Waals surface area contributed by atoms with E-state index in [-0.39, 0.29) is 12.1 Å². The number of unbranched alkanes of at least 4 members (excludes halogenated alkanes) is 2. The summed E-state index contributed by atoms with van der Waals surface area (Å²) in [4.78, 5) is 14.2. The van der Waals surface area contributed by atoms with Gasteiger partial charge in [0.1, 0.15) is 6.61 Å². The molecule has 1 aromatic carbocycles. The van der Waals surface area contributed by atoms with E-state index in [1.54, 1.807) is 0 Å². The molecule has 0 unspecified atom stereocenters. The summed E-state index contributed by atoms with van der Waals surface area (Å²) in [5, 5.41) is 11.5. The largest absolute Gasteiger partial charge is 0.445 e. The van der Waals surface area contributed by atoms with Gasteiger partial charge in [0, 0.05) is 25.6 Å². The predicted octanol–water partition coefficient (Wildman–Crippen LogP) is 3.07. The maximum atomic E-state index is 11.8. The highest BCUT2D eigenvalue weighted by molar-refractivity contribution is 5.67. The fourth-order valence-corrected chi connectivity index (χ4v) is 2.77. The van der Waals surface area contributed by atoms with Crippen LogP contribution in [0, 0.1) is 11.3 Å². The number of nitrogens with zero attached hydrogens (tertiary/aromatic N) is 2. The molecule has 5 nitrogen and oxygen atoms in total. The minimum atomic E-state index is -0.332. The highest BCUT2D eigenvalue weighted by Crippen LogP contribution is 2.12. The Hall–Kier alpha value is -2.06. The summed E-state index contributed by atoms with van der Waals surface area (Å²) < 4.78 is 5.26. The summed E-state index contributed by atoms with van der Waals surface area (Å²) in [6, 6.07) is 12.1. The van der Waals surface area contributed by atoms with E-state index in [0.29, 0.717) is 13.0 Å². The van der Waals surface area contributed by atoms with Crippen molar-refractivity contribution in [1.29, 1.82) is 5.26 Å². The summed E-state index contributed by atoms with van der Waals surface area (Å²) in [7, 11) is 0. The number of hydrogen-bond donors (Lipinski definition) is 1. The Morgan fingerprint density at radius 3 is 2.70 bits per heavy atom. The van der Waals surface area contributed by atoms with Gasteiger partial charge in [-0.2, -0.15) is 5.26 Å². The second-order valence-electron chi connectivity index (χ2n) is 5.94. The van der Waals surface area contributed by atoms with E-state index in [4.69, 9.17) is 10.00 Å². The monoisotopic (exact) mass is 315 g/mol. The van der Waals surface area contributed by atoms with Crippen LogP contribution in [0.15, 0.2) is 30.3 Å². The lowest BCUT2D eigenvalue weighted by Crippen LogP contribution is -2.44. The standard InChI is InChI=1S/C18H25N3O2/c19-11-5-2-6-12-21-13-9-17(10-14-21)20-18(22)23-15-16-7-3-1-4-8-16/h1,3-4,7-8,17H,2,5-6,9-10,12-15H2,(H,20,22). The third-order valence-corrected chi connectivity index (χ3v) is 4.14. The molecule has 1 aliphatic rings. The molecule has 0 aromatic heterocycles. The first-order valence-corrected chi connectivity index (χ1v) is 8.34. The predicted molar refractivity (Wildman–Crippen MR) is 88.7 cm³/mol. The molecule has 1 heterocycles. The van der Waals surface area contributed by atoms with Crippen molar-refractivity contribution < 1.29 is 9.53 Å². The fourth-order valence-electron chi connectivity index (χ4n) is 2.77. The number of ether oxygens (including phenoxy) is 1. The molecular formula is C18H25N3O2. The summed E-state index contributed by atoms with van der Waals surface area (Å²) >= 11 is 0. The lowest BCUT2D eigenvalue weighted by molar-refractivity contribution is 0.126. The minimum absolute atomic E-state index is 0.202. The zero-order chi connectivity index (χ0) is 16.3. The van der Waals surface area contributed by atoms with Gasteiger partial charge >= 0.3 is 6.09 Å². The zero-order valence-corrected chi connectivity index (χ0v) is 13.5. The van der Waals surface area contributed by atoms with Crippen LogP contribution in [0.4, 0.5) is 4.79 Å². The van der Waals surface area contributed by atoms with E-state index in [1.165, 1.54) is 0 Å². The Bertz CT molecular complexity index is 505. The highest BCUT2D eigenvalue weighted by atomic mass is 16.5. The van der Waals surface area contributed by atoms with Crippen LogP contribution in [-0.4, -0.2) is 36.7 Å². The number of alkyl carbamates (subject to hydrolysis) is 1. The molecule has 1 saturated heterocycles. The molecule has 1 amide bonds. The Labute approximate surface area is 138 Å². The van der Waals surface area contributed by atoms with Crippen molar-refractivity contribution in [3.63, 3.8) is 0 Å². The molecule has 124 valence electrons. The average Bonchev–Trinajstić information content (AvgIpc) is 2.59. The van der Waals surface area contributed by atoms with Crippen molar-refractivity contribution in [2.45, 2.75) is 44.8 Å². The van der Waals surface area contributed by atoms with Gasteiger partial charge < -0.3 is 15.0 Å². The van der Waals surface area contributed by atoms with Gasteiger partial charge in [0.05, 0.1) is 6.07 Å². The van der Waals surface area contributed by atoms with E-state index in [2.05, 4.69) is 16.3 Å². The van der Waals surface area contributed by atoms with Crippen LogP contribution in [0.25, 0.3) is 0 Å². The summed E-state index contributed by atoms with van der Waals surface area (Å²) in [6.07, 6.45) is 4.27. The van der Waals surface area contributed by atoms with E-state index < -0.39 is 0 Å². The average molecular weight is 315 g/mol. The van der Waals surface area contributed by atoms with Crippen LogP contribution in [0.1, 0.15) is 37.7 Å². The molecule has 2 rings (SSSR count). The number of carbonyl (C=O) groups is 1. The number of carbonyl (C=O) groups excluding carboxylic acids is 1. The van der Waals surface area contributed by atoms with Gasteiger partial charge in [0.2, 0.25) is 0 Å². The molecule has 1 N–H and O–H groups in total. The summed E-state index contributed by atoms with van der Waals surface area (Å²) in [5.41, 5.74) is 0.995. The van der Waals surface area contributed by atoms with Crippen LogP contribution in [0.2, 0.25) is 0 Å². The Morgan fingerprint density at radius 1 is 1.26 bits per heavy atom. The number of hydrogen-bond acceptors (Lipinski definition) is 4. The quantitative estimate of drug-likeness (QED) is 0.785. The molecule has 1 fully saturated rings. The number of rotatable bonds is 7. The van der Waals surface area contributed by atoms with Crippen molar-refractivity contribution in [3.05, 3.63) is 35.9 Å². The lowest BCUT2D eigenvalue weighted by Gasteiger charge is -2.32. The van der Waals surface area contributed by atoms with Gasteiger partial charge in [-0.25, -0.2) is 4.79 Å². The van der Waals surface area contributed by atoms with Gasteiger partial charge in [-0.3, -0.25) is 0 Å². The SMILES string of the molecule is N#CCCCCN1CCC(NC(=O)OCc2ccccc2)CC1. The van der Waals surface area contributed by atoms with Gasteiger partial charge in [-0.1, -0.05) is 30.3 Å². The molecule has 0 spiro atoms. The van der Waals surface area contributed by atoms with Crippen molar-refractivity contribution >= 4 is 6.09 Å². The second-order valence-corrected chi connectivity index (χ2v) is 5.94. The molecule has 23 heavy (non-hydrogen) atoms. The molecule has 0 radical (unpaired) electrons. The summed E-state index contributed by atoms with van der Waals surface area (Å²) in [5.74, 6) is 0. The first-order valence-electron chi connectivity index (χ1n) is 8.34. The van der Waals surface area contributed by atoms with Crippen LogP contribution in [0.5, 0.6) is 0 Å². The number of likely N-dealkylation sites (tertiary alicyclic amines) is 1. The molecule has 5 heteroatoms. The molecule has 0 bridgehead atoms. The number of amides is 1. The Kier molecular flexibility index (Phi) is 7.41. The fraction of sp³-hybridized carbons (Fsp3) is 0.556. The maximum absolute atomic E-state index is 11.8. The zero-order valence-electron chi connectivity index (χ0n) is 13.5. The lowest BCUT2D eigenvalue weighted by atomic mass is 10.0. The highest BCUT2D eigenvalue weighted by Gasteiger charge is 2.20. The first-order chi connectivity index (χ1) is 11.3. The molecular weight excluding hydrogens is 290 g/mol. The number of benzene rings is 1. The van der Waals surface area contributed by atoms with Crippen molar-refractivity contribution in [1.82, 2.24) is 10.2 Å². The minimum Gasteiger partial charge on any atom is -0.445 e. The Morgan fingerprint density at radius 2 is 2.00 bits per heavy atom. The first kappa shape index (κ1) is 17.3. The molecule has 1 aliphatic heterocycles. The summed E-state index contributed by atoms with van der Waals surface area (Å²) in [6.45, 7) is 3.35. The number of nitriles is 1. The van der Waals surface area contributed by atoms with Gasteiger partial charge in [0.25, 0.3) is 0 Å². The van der Waals surface area contributed by atoms with Crippen LogP contribution in [-0.2, 0) is 11.3 Å². The van der Waals surface area contributed by atoms with Crippen LogP contribution < -0.4 is 5.32 Å². The third-order valence-electron chi connectivity index (χ3n) is 4.14. The Balaban J connectivity index is 1.58.